The molecule has 0 bridgehead atoms. The van der Waals surface area contributed by atoms with Crippen LogP contribution in [0.2, 0.25) is 0 Å². The van der Waals surface area contributed by atoms with Crippen molar-refractivity contribution in [1.29, 1.82) is 0 Å². The molecule has 0 heterocycles. The summed E-state index contributed by atoms with van der Waals surface area (Å²) < 4.78 is 0. The normalized spacial score (nSPS) is 3.20. The van der Waals surface area contributed by atoms with Crippen molar-refractivity contribution < 1.29 is 27.0 Å². The monoisotopic (exact) mass is 285 g/mol. The molecule has 0 aromatic carbocycles. The predicted octanol–water partition coefficient (Wildman–Crippen LogP) is 0.491. The van der Waals surface area contributed by atoms with E-state index in [1.54, 1.807) is 0 Å². The van der Waals surface area contributed by atoms with Crippen molar-refractivity contribution in [3.63, 3.8) is 0 Å². The van der Waals surface area contributed by atoms with Crippen molar-refractivity contribution in [3.8, 4) is 0 Å². The molecular formula is H18CoN8O6. The minimum atomic E-state index is -1.75. The summed E-state index contributed by atoms with van der Waals surface area (Å²) in [6.45, 7) is 0. The molecule has 18 N–H and O–H groups in total. The Balaban J connectivity index is -0.00000000468. The second-order valence-electron chi connectivity index (χ2n) is 0.447. The summed E-state index contributed by atoms with van der Waals surface area (Å²) >= 11 is 0. The van der Waals surface area contributed by atoms with E-state index >= 15 is 0 Å². The molecule has 103 valence electrons. The fraction of sp³-hybridized carbons (Fsp3) is 0. The number of hydrogen-bond acceptors (Lipinski definition) is 12. The molecule has 0 saturated heterocycles. The van der Waals surface area contributed by atoms with E-state index in [4.69, 9.17) is 30.6 Å². The fourth-order valence-electron chi connectivity index (χ4n) is 0. The second-order valence-corrected chi connectivity index (χ2v) is 0.447. The third-order valence-electron chi connectivity index (χ3n) is 0. The third kappa shape index (κ3) is 810. The molecule has 0 fully saturated rings. The van der Waals surface area contributed by atoms with Gasteiger partial charge in [-0.05, 0) is 0 Å². The molecule has 0 spiro atoms. The van der Waals surface area contributed by atoms with E-state index in [2.05, 4.69) is 0 Å². The second kappa shape index (κ2) is 79.2. The zero-order valence-electron chi connectivity index (χ0n) is 7.92. The van der Waals surface area contributed by atoms with Crippen LogP contribution in [0.3, 0.4) is 0 Å². The molecule has 0 aliphatic carbocycles. The van der Waals surface area contributed by atoms with Crippen molar-refractivity contribution in [2.45, 2.75) is 0 Å². The van der Waals surface area contributed by atoms with Gasteiger partial charge in [0.05, 0.1) is 10.2 Å². The maximum Gasteiger partial charge on any atom is 2.00 e. The minimum absolute atomic E-state index is 0. The molecule has 0 saturated carbocycles. The van der Waals surface area contributed by atoms with Gasteiger partial charge < -0.3 is 67.5 Å². The SMILES string of the molecule is N.N.N.N.N.N.O=[N+]([O-])[O-].O=[N+]([O-])[O-].[Co+2]. The number of hydrogen-bond donors (Lipinski definition) is 6. The van der Waals surface area contributed by atoms with Crippen LogP contribution >= 0.6 is 0 Å². The van der Waals surface area contributed by atoms with Crippen molar-refractivity contribution in [3.05, 3.63) is 30.6 Å². The molecule has 0 aliphatic heterocycles. The molecule has 0 aromatic rings. The smallest absolute Gasteiger partial charge is 0.356 e. The van der Waals surface area contributed by atoms with Gasteiger partial charge in [-0.25, -0.2) is 0 Å². The fourth-order valence-corrected chi connectivity index (χ4v) is 0. The Hall–Kier alpha value is -1.33. The molecule has 0 amide bonds. The van der Waals surface area contributed by atoms with E-state index < -0.39 is 10.2 Å². The molecule has 15 heavy (non-hydrogen) atoms. The van der Waals surface area contributed by atoms with Gasteiger partial charge in [-0.1, -0.05) is 0 Å². The quantitative estimate of drug-likeness (QED) is 0.261. The predicted molar refractivity (Wildman–Crippen MR) is 50.9 cm³/mol. The topological polar surface area (TPSA) is 342 Å². The number of rotatable bonds is 0. The first-order valence-corrected chi connectivity index (χ1v) is 1.10. The van der Waals surface area contributed by atoms with Gasteiger partial charge in [0, 0.05) is 0 Å². The van der Waals surface area contributed by atoms with Gasteiger partial charge in [0.2, 0.25) is 0 Å². The summed E-state index contributed by atoms with van der Waals surface area (Å²) in [6.07, 6.45) is 0. The van der Waals surface area contributed by atoms with Crippen LogP contribution in [0.1, 0.15) is 0 Å². The largest absolute Gasteiger partial charge is 2.00 e. The molecular weight excluding hydrogens is 267 g/mol. The van der Waals surface area contributed by atoms with Crippen molar-refractivity contribution in [1.82, 2.24) is 36.9 Å². The first-order valence-electron chi connectivity index (χ1n) is 1.10. The van der Waals surface area contributed by atoms with Crippen LogP contribution in [0.15, 0.2) is 0 Å². The molecule has 15 heteroatoms. The Morgan fingerprint density at radius 1 is 0.533 bits per heavy atom. The molecule has 14 nitrogen and oxygen atoms in total. The molecule has 1 radical (unpaired) electrons. The van der Waals surface area contributed by atoms with Crippen LogP contribution in [-0.4, -0.2) is 10.2 Å². The van der Waals surface area contributed by atoms with Gasteiger partial charge >= 0.3 is 16.8 Å². The summed E-state index contributed by atoms with van der Waals surface area (Å²) in [5.41, 5.74) is 0. The first kappa shape index (κ1) is 101. The van der Waals surface area contributed by atoms with E-state index in [0.29, 0.717) is 0 Å². The van der Waals surface area contributed by atoms with Crippen molar-refractivity contribution >= 4 is 0 Å². The summed E-state index contributed by atoms with van der Waals surface area (Å²) in [4.78, 5) is 16.5. The van der Waals surface area contributed by atoms with Gasteiger partial charge in [0.15, 0.2) is 0 Å². The Morgan fingerprint density at radius 3 is 0.533 bits per heavy atom. The van der Waals surface area contributed by atoms with Gasteiger partial charge in [-0.3, -0.25) is 0 Å². The van der Waals surface area contributed by atoms with Crippen LogP contribution in [0, 0.1) is 30.6 Å². The molecule has 0 aromatic heterocycles. The van der Waals surface area contributed by atoms with Gasteiger partial charge in [0.1, 0.15) is 0 Å². The molecule has 0 atom stereocenters. The maximum atomic E-state index is 8.25. The van der Waals surface area contributed by atoms with Gasteiger partial charge in [-0.15, -0.1) is 0 Å². The average molecular weight is 285 g/mol. The van der Waals surface area contributed by atoms with E-state index in [9.17, 15) is 0 Å². The van der Waals surface area contributed by atoms with Crippen LogP contribution in [-0.2, 0) is 16.8 Å². The number of nitrogens with zero attached hydrogens (tertiary/aromatic N) is 2. The van der Waals surface area contributed by atoms with Crippen molar-refractivity contribution in [2.24, 2.45) is 0 Å². The molecule has 0 unspecified atom stereocenters. The summed E-state index contributed by atoms with van der Waals surface area (Å²) in [7, 11) is 0. The first-order chi connectivity index (χ1) is 3.46. The average Bonchev–Trinajstić information content (AvgIpc) is 1.25. The Bertz CT molecular complexity index is 77.1. The van der Waals surface area contributed by atoms with E-state index in [-0.39, 0.29) is 53.7 Å². The van der Waals surface area contributed by atoms with Crippen molar-refractivity contribution in [2.75, 3.05) is 0 Å². The van der Waals surface area contributed by atoms with Gasteiger partial charge in [0.25, 0.3) is 0 Å². The Kier molecular flexibility index (Phi) is 531. The standard InChI is InChI=1S/Co.2NO3.6H3N/c;2*2-1(3)4;;;;;;/h;;;6*1H3/q+2;2*-1;;;;;;. The Morgan fingerprint density at radius 2 is 0.533 bits per heavy atom. The molecule has 0 aliphatic rings. The summed E-state index contributed by atoms with van der Waals surface area (Å²) in [6, 6.07) is 0. The van der Waals surface area contributed by atoms with Crippen LogP contribution < -0.4 is 36.9 Å². The van der Waals surface area contributed by atoms with Crippen LogP contribution in [0.5, 0.6) is 0 Å². The molecule has 0 rings (SSSR count). The summed E-state index contributed by atoms with van der Waals surface area (Å²) in [5.74, 6) is 0. The summed E-state index contributed by atoms with van der Waals surface area (Å²) in [5, 5.41) is 29.5. The van der Waals surface area contributed by atoms with E-state index in [1.165, 1.54) is 0 Å². The Labute approximate surface area is 95.3 Å². The van der Waals surface area contributed by atoms with Crippen LogP contribution in [0.25, 0.3) is 0 Å². The zero-order valence-corrected chi connectivity index (χ0v) is 8.96. The van der Waals surface area contributed by atoms with Crippen LogP contribution in [0.4, 0.5) is 0 Å². The minimum Gasteiger partial charge on any atom is -0.356 e. The van der Waals surface area contributed by atoms with E-state index in [0.717, 1.165) is 0 Å². The zero-order chi connectivity index (χ0) is 7.15. The van der Waals surface area contributed by atoms with Gasteiger partial charge in [-0.2, -0.15) is 0 Å². The van der Waals surface area contributed by atoms with E-state index in [1.807, 2.05) is 0 Å². The third-order valence-corrected chi connectivity index (χ3v) is 0. The maximum absolute atomic E-state index is 8.25.